The van der Waals surface area contributed by atoms with Gasteiger partial charge in [0.05, 0.1) is 17.3 Å². The Morgan fingerprint density at radius 3 is 3.09 bits per heavy atom. The van der Waals surface area contributed by atoms with Crippen LogP contribution in [0.5, 0.6) is 0 Å². The molecule has 0 N–H and O–H groups in total. The maximum absolute atomic E-state index is 13.9. The Bertz CT molecular complexity index is 682. The quantitative estimate of drug-likeness (QED) is 0.796. The summed E-state index contributed by atoms with van der Waals surface area (Å²) in [6.45, 7) is 3.31. The summed E-state index contributed by atoms with van der Waals surface area (Å²) in [5.41, 5.74) is 0.341. The van der Waals surface area contributed by atoms with E-state index in [0.717, 1.165) is 37.0 Å². The predicted molar refractivity (Wildman–Crippen MR) is 90.4 cm³/mol. The monoisotopic (exact) mass is 336 g/mol. The van der Waals surface area contributed by atoms with Crippen LogP contribution in [0.3, 0.4) is 0 Å². The minimum Gasteiger partial charge on any atom is -0.376 e. The predicted octanol–water partition coefficient (Wildman–Crippen LogP) is 4.14. The number of thiazole rings is 1. The van der Waals surface area contributed by atoms with Crippen molar-refractivity contribution in [3.63, 3.8) is 0 Å². The lowest BCUT2D eigenvalue weighted by Crippen LogP contribution is -2.37. The summed E-state index contributed by atoms with van der Waals surface area (Å²) in [5.74, 6) is -0.301. The van der Waals surface area contributed by atoms with Crippen LogP contribution in [-0.4, -0.2) is 30.1 Å². The van der Waals surface area contributed by atoms with Crippen LogP contribution < -0.4 is 4.90 Å². The first-order chi connectivity index (χ1) is 11.2. The lowest BCUT2D eigenvalue weighted by Gasteiger charge is -2.23. The number of unbranched alkanes of at least 4 members (excludes halogenated alkanes) is 1. The molecule has 3 rings (SSSR count). The van der Waals surface area contributed by atoms with Crippen LogP contribution >= 0.6 is 11.3 Å². The first-order valence-electron chi connectivity index (χ1n) is 8.16. The molecule has 1 amide bonds. The van der Waals surface area contributed by atoms with E-state index in [4.69, 9.17) is 4.74 Å². The summed E-state index contributed by atoms with van der Waals surface area (Å²) in [4.78, 5) is 18.7. The number of hydrogen-bond donors (Lipinski definition) is 0. The van der Waals surface area contributed by atoms with Gasteiger partial charge in [0.1, 0.15) is 11.3 Å². The third-order valence-electron chi connectivity index (χ3n) is 4.04. The van der Waals surface area contributed by atoms with Crippen molar-refractivity contribution in [2.75, 3.05) is 18.1 Å². The van der Waals surface area contributed by atoms with Crippen molar-refractivity contribution in [2.45, 2.75) is 45.1 Å². The average molecular weight is 336 g/mol. The third kappa shape index (κ3) is 3.70. The number of amides is 1. The molecule has 1 saturated heterocycles. The van der Waals surface area contributed by atoms with Crippen LogP contribution in [0.25, 0.3) is 10.2 Å². The number of para-hydroxylation sites is 1. The highest BCUT2D eigenvalue weighted by Gasteiger charge is 2.26. The lowest BCUT2D eigenvalue weighted by molar-refractivity contribution is -0.119. The highest BCUT2D eigenvalue weighted by atomic mass is 32.1. The molecule has 0 aliphatic carbocycles. The van der Waals surface area contributed by atoms with Gasteiger partial charge in [-0.3, -0.25) is 9.69 Å². The molecule has 0 bridgehead atoms. The van der Waals surface area contributed by atoms with Gasteiger partial charge < -0.3 is 4.74 Å². The molecular weight excluding hydrogens is 315 g/mol. The van der Waals surface area contributed by atoms with Crippen LogP contribution in [0.1, 0.15) is 39.0 Å². The first kappa shape index (κ1) is 16.3. The largest absolute Gasteiger partial charge is 0.376 e. The third-order valence-corrected chi connectivity index (χ3v) is 5.09. The molecule has 1 aromatic carbocycles. The van der Waals surface area contributed by atoms with Crippen molar-refractivity contribution in [1.29, 1.82) is 0 Å². The van der Waals surface area contributed by atoms with Crippen molar-refractivity contribution in [3.8, 4) is 0 Å². The van der Waals surface area contributed by atoms with E-state index in [1.807, 2.05) is 6.07 Å². The van der Waals surface area contributed by atoms with E-state index >= 15 is 0 Å². The van der Waals surface area contributed by atoms with Crippen molar-refractivity contribution < 1.29 is 13.9 Å². The number of benzene rings is 1. The smallest absolute Gasteiger partial charge is 0.228 e. The van der Waals surface area contributed by atoms with Gasteiger partial charge in [0.2, 0.25) is 5.91 Å². The van der Waals surface area contributed by atoms with Gasteiger partial charge in [-0.25, -0.2) is 9.37 Å². The Hall–Kier alpha value is -1.53. The molecule has 1 atom stereocenters. The van der Waals surface area contributed by atoms with E-state index in [1.165, 1.54) is 17.4 Å². The van der Waals surface area contributed by atoms with Crippen LogP contribution in [-0.2, 0) is 9.53 Å². The van der Waals surface area contributed by atoms with Crippen molar-refractivity contribution >= 4 is 32.6 Å². The zero-order valence-electron chi connectivity index (χ0n) is 13.3. The molecule has 1 fully saturated rings. The Balaban J connectivity index is 1.88. The van der Waals surface area contributed by atoms with Gasteiger partial charge in [0.15, 0.2) is 5.13 Å². The van der Waals surface area contributed by atoms with E-state index in [9.17, 15) is 9.18 Å². The molecule has 0 spiro atoms. The minimum absolute atomic E-state index is 0.0433. The SMILES string of the molecule is CCCCC(=O)N(CC1CCCO1)c1nc2c(F)cccc2s1. The maximum Gasteiger partial charge on any atom is 0.228 e. The first-order valence-corrected chi connectivity index (χ1v) is 8.97. The summed E-state index contributed by atoms with van der Waals surface area (Å²) >= 11 is 1.36. The van der Waals surface area contributed by atoms with E-state index in [1.54, 1.807) is 11.0 Å². The summed E-state index contributed by atoms with van der Waals surface area (Å²) in [5, 5.41) is 0.571. The molecule has 2 aromatic rings. The number of rotatable bonds is 6. The summed E-state index contributed by atoms with van der Waals surface area (Å²) in [6, 6.07) is 4.90. The van der Waals surface area contributed by atoms with Crippen LogP contribution in [0, 0.1) is 5.82 Å². The summed E-state index contributed by atoms with van der Waals surface area (Å²) in [7, 11) is 0. The zero-order chi connectivity index (χ0) is 16.2. The number of anilines is 1. The van der Waals surface area contributed by atoms with Crippen LogP contribution in [0.2, 0.25) is 0 Å². The molecule has 1 aromatic heterocycles. The van der Waals surface area contributed by atoms with Crippen LogP contribution in [0.15, 0.2) is 18.2 Å². The molecule has 0 saturated carbocycles. The Labute approximate surface area is 139 Å². The number of halogens is 1. The van der Waals surface area contributed by atoms with E-state index < -0.39 is 0 Å². The lowest BCUT2D eigenvalue weighted by atomic mass is 10.2. The highest BCUT2D eigenvalue weighted by molar-refractivity contribution is 7.22. The normalized spacial score (nSPS) is 17.7. The van der Waals surface area contributed by atoms with Crippen LogP contribution in [0.4, 0.5) is 9.52 Å². The van der Waals surface area contributed by atoms with E-state index in [2.05, 4.69) is 11.9 Å². The van der Waals surface area contributed by atoms with Gasteiger partial charge in [-0.15, -0.1) is 0 Å². The van der Waals surface area contributed by atoms with Gasteiger partial charge >= 0.3 is 0 Å². The molecule has 2 heterocycles. The summed E-state index contributed by atoms with van der Waals surface area (Å²) in [6.07, 6.45) is 4.33. The molecule has 23 heavy (non-hydrogen) atoms. The van der Waals surface area contributed by atoms with Crippen molar-refractivity contribution in [2.24, 2.45) is 0 Å². The van der Waals surface area contributed by atoms with Gasteiger partial charge in [0, 0.05) is 13.0 Å². The zero-order valence-corrected chi connectivity index (χ0v) is 14.1. The van der Waals surface area contributed by atoms with Crippen molar-refractivity contribution in [1.82, 2.24) is 4.98 Å². The molecule has 1 unspecified atom stereocenters. The Morgan fingerprint density at radius 2 is 2.39 bits per heavy atom. The topological polar surface area (TPSA) is 42.4 Å². The van der Waals surface area contributed by atoms with Gasteiger partial charge in [-0.2, -0.15) is 0 Å². The van der Waals surface area contributed by atoms with Gasteiger partial charge in [-0.1, -0.05) is 30.7 Å². The minimum atomic E-state index is -0.344. The number of ether oxygens (including phenoxy) is 1. The molecular formula is C17H21FN2O2S. The number of carbonyl (C=O) groups is 1. The summed E-state index contributed by atoms with van der Waals surface area (Å²) < 4.78 is 20.3. The number of carbonyl (C=O) groups excluding carboxylic acids is 1. The highest BCUT2D eigenvalue weighted by Crippen LogP contribution is 2.31. The number of fused-ring (bicyclic) bond motifs is 1. The van der Waals surface area contributed by atoms with E-state index in [0.29, 0.717) is 23.6 Å². The Morgan fingerprint density at radius 1 is 1.52 bits per heavy atom. The molecule has 1 aliphatic heterocycles. The molecule has 124 valence electrons. The second-order valence-corrected chi connectivity index (χ2v) is 6.84. The van der Waals surface area contributed by atoms with Gasteiger partial charge in [-0.05, 0) is 31.4 Å². The molecule has 4 nitrogen and oxygen atoms in total. The number of hydrogen-bond acceptors (Lipinski definition) is 4. The van der Waals surface area contributed by atoms with E-state index in [-0.39, 0.29) is 17.8 Å². The standard InChI is InChI=1S/C17H21FN2O2S/c1-2-3-9-15(21)20(11-12-6-5-10-22-12)17-19-16-13(18)7-4-8-14(16)23-17/h4,7-8,12H,2-3,5-6,9-11H2,1H3. The molecule has 1 aliphatic rings. The van der Waals surface area contributed by atoms with Crippen molar-refractivity contribution in [3.05, 3.63) is 24.0 Å². The molecule has 0 radical (unpaired) electrons. The van der Waals surface area contributed by atoms with Gasteiger partial charge in [0.25, 0.3) is 0 Å². The fourth-order valence-corrected chi connectivity index (χ4v) is 3.77. The Kier molecular flexibility index (Phi) is 5.23. The second-order valence-electron chi connectivity index (χ2n) is 5.83. The fourth-order valence-electron chi connectivity index (χ4n) is 2.76. The number of aromatic nitrogens is 1. The molecule has 6 heteroatoms. The second kappa shape index (κ2) is 7.36. The fraction of sp³-hybridized carbons (Fsp3) is 0.529. The average Bonchev–Trinajstić information content (AvgIpc) is 3.20. The number of nitrogens with zero attached hydrogens (tertiary/aromatic N) is 2. The maximum atomic E-state index is 13.9.